The molecule has 0 rings (SSSR count). The first kappa shape index (κ1) is 10.7. The second-order valence-corrected chi connectivity index (χ2v) is 2.86. The van der Waals surface area contributed by atoms with Gasteiger partial charge >= 0.3 is 0 Å². The maximum absolute atomic E-state index is 5.40. The molecule has 0 heterocycles. The van der Waals surface area contributed by atoms with E-state index in [0.29, 0.717) is 6.04 Å². The maximum atomic E-state index is 5.40. The number of hydrogen-bond acceptors (Lipinski definition) is 2. The van der Waals surface area contributed by atoms with Gasteiger partial charge in [0.1, 0.15) is 0 Å². The number of nitrogens with two attached hydrogens (primary N) is 1. The van der Waals surface area contributed by atoms with Crippen molar-refractivity contribution < 1.29 is 0 Å². The van der Waals surface area contributed by atoms with Crippen LogP contribution in [-0.4, -0.2) is 19.1 Å². The second-order valence-electron chi connectivity index (χ2n) is 2.86. The molecular formula is C9H20N2. The summed E-state index contributed by atoms with van der Waals surface area (Å²) in [5.74, 6) is 0. The van der Waals surface area contributed by atoms with Gasteiger partial charge in [0.15, 0.2) is 0 Å². The SMILES string of the molecule is C=CCCCNC(C)CCN. The molecule has 0 aliphatic rings. The second kappa shape index (κ2) is 7.76. The zero-order valence-corrected chi connectivity index (χ0v) is 7.47. The summed E-state index contributed by atoms with van der Waals surface area (Å²) in [6.45, 7) is 7.68. The van der Waals surface area contributed by atoms with Crippen LogP contribution in [0.5, 0.6) is 0 Å². The molecule has 0 aromatic rings. The van der Waals surface area contributed by atoms with Gasteiger partial charge in [0.2, 0.25) is 0 Å². The zero-order valence-electron chi connectivity index (χ0n) is 7.47. The highest BCUT2D eigenvalue weighted by Crippen LogP contribution is 1.90. The normalized spacial score (nSPS) is 12.9. The minimum Gasteiger partial charge on any atom is -0.330 e. The molecule has 0 fully saturated rings. The summed E-state index contributed by atoms with van der Waals surface area (Å²) >= 11 is 0. The lowest BCUT2D eigenvalue weighted by molar-refractivity contribution is 0.513. The van der Waals surface area contributed by atoms with E-state index in [1.54, 1.807) is 0 Å². The van der Waals surface area contributed by atoms with Crippen LogP contribution >= 0.6 is 0 Å². The van der Waals surface area contributed by atoms with Gasteiger partial charge < -0.3 is 11.1 Å². The molecule has 2 nitrogen and oxygen atoms in total. The molecule has 0 aromatic heterocycles. The Kier molecular flexibility index (Phi) is 7.52. The average Bonchev–Trinajstić information content (AvgIpc) is 1.99. The van der Waals surface area contributed by atoms with Gasteiger partial charge in [-0.05, 0) is 39.3 Å². The molecule has 0 saturated heterocycles. The van der Waals surface area contributed by atoms with Crippen molar-refractivity contribution in [2.45, 2.75) is 32.2 Å². The number of allylic oxidation sites excluding steroid dienone is 1. The lowest BCUT2D eigenvalue weighted by Gasteiger charge is -2.11. The van der Waals surface area contributed by atoms with Crippen molar-refractivity contribution in [2.75, 3.05) is 13.1 Å². The first-order valence-electron chi connectivity index (χ1n) is 4.35. The van der Waals surface area contributed by atoms with Crippen molar-refractivity contribution in [1.29, 1.82) is 0 Å². The first-order valence-corrected chi connectivity index (χ1v) is 4.35. The molecule has 0 radical (unpaired) electrons. The number of hydrogen-bond donors (Lipinski definition) is 2. The highest BCUT2D eigenvalue weighted by atomic mass is 14.9. The highest BCUT2D eigenvalue weighted by Gasteiger charge is 1.96. The molecule has 0 amide bonds. The molecule has 0 aromatic carbocycles. The van der Waals surface area contributed by atoms with E-state index in [4.69, 9.17) is 5.73 Å². The summed E-state index contributed by atoms with van der Waals surface area (Å²) in [6.07, 6.45) is 5.30. The highest BCUT2D eigenvalue weighted by molar-refractivity contribution is 4.67. The Labute approximate surface area is 69.9 Å². The zero-order chi connectivity index (χ0) is 8.53. The fraction of sp³-hybridized carbons (Fsp3) is 0.778. The Morgan fingerprint density at radius 1 is 1.64 bits per heavy atom. The number of unbranched alkanes of at least 4 members (excludes halogenated alkanes) is 1. The summed E-state index contributed by atoms with van der Waals surface area (Å²) in [7, 11) is 0. The Hall–Kier alpha value is -0.340. The summed E-state index contributed by atoms with van der Waals surface area (Å²) < 4.78 is 0. The van der Waals surface area contributed by atoms with Crippen LogP contribution < -0.4 is 11.1 Å². The van der Waals surface area contributed by atoms with Crippen molar-refractivity contribution in [3.63, 3.8) is 0 Å². The third kappa shape index (κ3) is 7.56. The van der Waals surface area contributed by atoms with Crippen molar-refractivity contribution in [3.8, 4) is 0 Å². The number of nitrogens with one attached hydrogen (secondary N) is 1. The molecule has 3 N–H and O–H groups in total. The molecule has 0 bridgehead atoms. The van der Waals surface area contributed by atoms with Gasteiger partial charge in [-0.2, -0.15) is 0 Å². The van der Waals surface area contributed by atoms with Crippen LogP contribution in [-0.2, 0) is 0 Å². The van der Waals surface area contributed by atoms with E-state index in [1.165, 1.54) is 6.42 Å². The van der Waals surface area contributed by atoms with Crippen LogP contribution in [0, 0.1) is 0 Å². The van der Waals surface area contributed by atoms with Gasteiger partial charge in [-0.15, -0.1) is 6.58 Å². The largest absolute Gasteiger partial charge is 0.330 e. The summed E-state index contributed by atoms with van der Waals surface area (Å²) in [4.78, 5) is 0. The van der Waals surface area contributed by atoms with Crippen LogP contribution in [0.3, 0.4) is 0 Å². The van der Waals surface area contributed by atoms with Gasteiger partial charge in [0.25, 0.3) is 0 Å². The minimum absolute atomic E-state index is 0.560. The van der Waals surface area contributed by atoms with Gasteiger partial charge in [-0.1, -0.05) is 6.08 Å². The third-order valence-corrected chi connectivity index (χ3v) is 1.68. The summed E-state index contributed by atoms with van der Waals surface area (Å²) in [5.41, 5.74) is 5.40. The molecule has 66 valence electrons. The Morgan fingerprint density at radius 3 is 2.91 bits per heavy atom. The predicted molar refractivity (Wildman–Crippen MR) is 50.6 cm³/mol. The lowest BCUT2D eigenvalue weighted by Crippen LogP contribution is -2.29. The van der Waals surface area contributed by atoms with Gasteiger partial charge in [-0.3, -0.25) is 0 Å². The monoisotopic (exact) mass is 156 g/mol. The van der Waals surface area contributed by atoms with E-state index in [0.717, 1.165) is 25.9 Å². The first-order chi connectivity index (χ1) is 5.31. The molecule has 0 aliphatic heterocycles. The Bertz CT molecular complexity index is 91.6. The Balaban J connectivity index is 3.03. The van der Waals surface area contributed by atoms with Gasteiger partial charge in [0, 0.05) is 6.04 Å². The predicted octanol–water partition coefficient (Wildman–Crippen LogP) is 1.28. The standard InChI is InChI=1S/C9H20N2/c1-3-4-5-8-11-9(2)6-7-10/h3,9,11H,1,4-8,10H2,2H3. The lowest BCUT2D eigenvalue weighted by atomic mass is 10.2. The molecule has 11 heavy (non-hydrogen) atoms. The van der Waals surface area contributed by atoms with Crippen LogP contribution in [0.25, 0.3) is 0 Å². The number of rotatable bonds is 7. The van der Waals surface area contributed by atoms with Crippen LogP contribution in [0.1, 0.15) is 26.2 Å². The smallest absolute Gasteiger partial charge is 0.00507 e. The molecule has 1 atom stereocenters. The van der Waals surface area contributed by atoms with Crippen LogP contribution in [0.15, 0.2) is 12.7 Å². The average molecular weight is 156 g/mol. The molecular weight excluding hydrogens is 136 g/mol. The van der Waals surface area contributed by atoms with Gasteiger partial charge in [-0.25, -0.2) is 0 Å². The van der Waals surface area contributed by atoms with Crippen molar-refractivity contribution in [1.82, 2.24) is 5.32 Å². The van der Waals surface area contributed by atoms with E-state index in [9.17, 15) is 0 Å². The fourth-order valence-corrected chi connectivity index (χ4v) is 0.947. The Morgan fingerprint density at radius 2 is 2.36 bits per heavy atom. The minimum atomic E-state index is 0.560. The van der Waals surface area contributed by atoms with Gasteiger partial charge in [0.05, 0.1) is 0 Å². The molecule has 2 heteroatoms. The summed E-state index contributed by atoms with van der Waals surface area (Å²) in [5, 5.41) is 3.39. The van der Waals surface area contributed by atoms with Crippen LogP contribution in [0.2, 0.25) is 0 Å². The van der Waals surface area contributed by atoms with E-state index < -0.39 is 0 Å². The fourth-order valence-electron chi connectivity index (χ4n) is 0.947. The van der Waals surface area contributed by atoms with Crippen molar-refractivity contribution in [3.05, 3.63) is 12.7 Å². The quantitative estimate of drug-likeness (QED) is 0.430. The van der Waals surface area contributed by atoms with Crippen molar-refractivity contribution in [2.24, 2.45) is 5.73 Å². The third-order valence-electron chi connectivity index (χ3n) is 1.68. The maximum Gasteiger partial charge on any atom is 0.00507 e. The van der Waals surface area contributed by atoms with Crippen LogP contribution in [0.4, 0.5) is 0 Å². The van der Waals surface area contributed by atoms with Crippen molar-refractivity contribution >= 4 is 0 Å². The topological polar surface area (TPSA) is 38.0 Å². The molecule has 1 unspecified atom stereocenters. The summed E-state index contributed by atoms with van der Waals surface area (Å²) in [6, 6.07) is 0.560. The van der Waals surface area contributed by atoms with E-state index in [1.807, 2.05) is 6.08 Å². The molecule has 0 aliphatic carbocycles. The van der Waals surface area contributed by atoms with E-state index in [2.05, 4.69) is 18.8 Å². The molecule has 0 spiro atoms. The molecule has 0 saturated carbocycles. The van der Waals surface area contributed by atoms with E-state index in [-0.39, 0.29) is 0 Å². The van der Waals surface area contributed by atoms with E-state index >= 15 is 0 Å².